The third-order valence-electron chi connectivity index (χ3n) is 3.27. The number of benzene rings is 1. The van der Waals surface area contributed by atoms with Crippen LogP contribution in [0.5, 0.6) is 5.75 Å². The van der Waals surface area contributed by atoms with E-state index in [0.717, 1.165) is 5.56 Å². The van der Waals surface area contributed by atoms with E-state index >= 15 is 0 Å². The molecule has 1 aliphatic rings. The summed E-state index contributed by atoms with van der Waals surface area (Å²) in [5.74, 6) is 0.418. The molecule has 1 aromatic carbocycles. The third kappa shape index (κ3) is 3.22. The van der Waals surface area contributed by atoms with Crippen molar-refractivity contribution < 1.29 is 13.9 Å². The highest BCUT2D eigenvalue weighted by molar-refractivity contribution is 5.34. The van der Waals surface area contributed by atoms with Crippen LogP contribution in [0.25, 0.3) is 0 Å². The summed E-state index contributed by atoms with van der Waals surface area (Å²) in [7, 11) is 1.57. The molecule has 0 radical (unpaired) electrons. The third-order valence-corrected chi connectivity index (χ3v) is 3.27. The van der Waals surface area contributed by atoms with E-state index in [9.17, 15) is 4.39 Å². The van der Waals surface area contributed by atoms with Gasteiger partial charge in [-0.2, -0.15) is 5.26 Å². The van der Waals surface area contributed by atoms with Crippen LogP contribution in [0.4, 0.5) is 4.39 Å². The molecule has 2 rings (SSSR count). The summed E-state index contributed by atoms with van der Waals surface area (Å²) in [5, 5.41) is 12.2. The smallest absolute Gasteiger partial charge is 0.123 e. The van der Waals surface area contributed by atoms with Gasteiger partial charge in [-0.05, 0) is 36.7 Å². The van der Waals surface area contributed by atoms with Crippen molar-refractivity contribution in [2.24, 2.45) is 5.41 Å². The number of methoxy groups -OCH3 is 1. The first-order valence-electron chi connectivity index (χ1n) is 6.21. The summed E-state index contributed by atoms with van der Waals surface area (Å²) in [6.07, 6.45) is 0.656. The maximum absolute atomic E-state index is 13.2. The number of nitrogens with zero attached hydrogens (tertiary/aromatic N) is 1. The molecule has 0 amide bonds. The molecule has 1 N–H and O–H groups in total. The molecule has 0 unspecified atom stereocenters. The minimum atomic E-state index is -0.383. The predicted molar refractivity (Wildman–Crippen MR) is 68.4 cm³/mol. The van der Waals surface area contributed by atoms with Crippen LogP contribution in [0.1, 0.15) is 5.56 Å². The average Bonchev–Trinajstić information content (AvgIpc) is 2.37. The number of ether oxygens (including phenoxy) is 2. The highest BCUT2D eigenvalue weighted by Crippen LogP contribution is 2.25. The molecule has 0 aliphatic carbocycles. The van der Waals surface area contributed by atoms with Crippen LogP contribution in [0.2, 0.25) is 0 Å². The first-order chi connectivity index (χ1) is 9.19. The van der Waals surface area contributed by atoms with E-state index in [2.05, 4.69) is 11.4 Å². The molecule has 0 saturated carbocycles. The quantitative estimate of drug-likeness (QED) is 0.791. The van der Waals surface area contributed by atoms with E-state index in [4.69, 9.17) is 14.7 Å². The van der Waals surface area contributed by atoms with Gasteiger partial charge in [0.2, 0.25) is 0 Å². The number of hydrogen-bond donors (Lipinski definition) is 1. The van der Waals surface area contributed by atoms with Gasteiger partial charge >= 0.3 is 0 Å². The van der Waals surface area contributed by atoms with E-state index in [0.29, 0.717) is 38.5 Å². The molecule has 1 fully saturated rings. The molecule has 1 heterocycles. The average molecular weight is 264 g/mol. The van der Waals surface area contributed by atoms with E-state index in [1.807, 2.05) is 0 Å². The topological polar surface area (TPSA) is 54.3 Å². The van der Waals surface area contributed by atoms with Gasteiger partial charge in [-0.15, -0.1) is 0 Å². The largest absolute Gasteiger partial charge is 0.496 e. The number of hydrogen-bond acceptors (Lipinski definition) is 4. The molecular weight excluding hydrogens is 247 g/mol. The van der Waals surface area contributed by atoms with Crippen molar-refractivity contribution in [3.05, 3.63) is 29.6 Å². The summed E-state index contributed by atoms with van der Waals surface area (Å²) in [4.78, 5) is 0. The SMILES string of the molecule is COc1ccc(F)cc1CCNCC1(C#N)COC1. The summed E-state index contributed by atoms with van der Waals surface area (Å²) in [6, 6.07) is 6.76. The number of nitriles is 1. The van der Waals surface area contributed by atoms with Gasteiger partial charge in [-0.3, -0.25) is 0 Å². The van der Waals surface area contributed by atoms with Gasteiger partial charge in [-0.1, -0.05) is 0 Å². The zero-order valence-corrected chi connectivity index (χ0v) is 10.9. The van der Waals surface area contributed by atoms with Crippen LogP contribution in [0.15, 0.2) is 18.2 Å². The Balaban J connectivity index is 1.83. The Labute approximate surface area is 112 Å². The second kappa shape index (κ2) is 6.00. The molecule has 4 nitrogen and oxygen atoms in total. The Morgan fingerprint density at radius 2 is 2.32 bits per heavy atom. The number of halogens is 1. The van der Waals surface area contributed by atoms with Crippen molar-refractivity contribution in [3.8, 4) is 11.8 Å². The summed E-state index contributed by atoms with van der Waals surface area (Å²) < 4.78 is 23.4. The molecule has 102 valence electrons. The Morgan fingerprint density at radius 1 is 1.53 bits per heavy atom. The molecular formula is C14H17FN2O2. The zero-order valence-electron chi connectivity index (χ0n) is 10.9. The van der Waals surface area contributed by atoms with Crippen LogP contribution in [0, 0.1) is 22.6 Å². The second-order valence-electron chi connectivity index (χ2n) is 4.77. The molecule has 1 aromatic rings. The fourth-order valence-electron chi connectivity index (χ4n) is 2.05. The van der Waals surface area contributed by atoms with Crippen LogP contribution in [-0.4, -0.2) is 33.4 Å². The monoisotopic (exact) mass is 264 g/mol. The van der Waals surface area contributed by atoms with E-state index in [1.54, 1.807) is 13.2 Å². The van der Waals surface area contributed by atoms with E-state index in [1.165, 1.54) is 12.1 Å². The molecule has 1 saturated heterocycles. The maximum Gasteiger partial charge on any atom is 0.123 e. The molecule has 0 atom stereocenters. The summed E-state index contributed by atoms with van der Waals surface area (Å²) in [6.45, 7) is 2.24. The van der Waals surface area contributed by atoms with Gasteiger partial charge in [0.25, 0.3) is 0 Å². The minimum absolute atomic E-state index is 0.267. The minimum Gasteiger partial charge on any atom is -0.496 e. The molecule has 0 aromatic heterocycles. The van der Waals surface area contributed by atoms with Crippen molar-refractivity contribution >= 4 is 0 Å². The molecule has 0 spiro atoms. The Kier molecular flexibility index (Phi) is 4.35. The van der Waals surface area contributed by atoms with Gasteiger partial charge in [0.15, 0.2) is 0 Å². The highest BCUT2D eigenvalue weighted by atomic mass is 19.1. The lowest BCUT2D eigenvalue weighted by molar-refractivity contribution is -0.0752. The highest BCUT2D eigenvalue weighted by Gasteiger charge is 2.38. The van der Waals surface area contributed by atoms with Crippen molar-refractivity contribution in [3.63, 3.8) is 0 Å². The van der Waals surface area contributed by atoms with Crippen molar-refractivity contribution in [1.29, 1.82) is 5.26 Å². The lowest BCUT2D eigenvalue weighted by Gasteiger charge is -2.35. The van der Waals surface area contributed by atoms with E-state index < -0.39 is 0 Å². The van der Waals surface area contributed by atoms with Gasteiger partial charge < -0.3 is 14.8 Å². The molecule has 19 heavy (non-hydrogen) atoms. The van der Waals surface area contributed by atoms with Gasteiger partial charge in [-0.25, -0.2) is 4.39 Å². The number of nitrogens with one attached hydrogen (secondary N) is 1. The van der Waals surface area contributed by atoms with Crippen molar-refractivity contribution in [2.75, 3.05) is 33.4 Å². The van der Waals surface area contributed by atoms with Gasteiger partial charge in [0, 0.05) is 6.54 Å². The fraction of sp³-hybridized carbons (Fsp3) is 0.500. The van der Waals surface area contributed by atoms with Gasteiger partial charge in [0.1, 0.15) is 17.0 Å². The molecule has 1 aliphatic heterocycles. The second-order valence-corrected chi connectivity index (χ2v) is 4.77. The normalized spacial score (nSPS) is 16.5. The van der Waals surface area contributed by atoms with Crippen LogP contribution in [0.3, 0.4) is 0 Å². The van der Waals surface area contributed by atoms with Gasteiger partial charge in [0.05, 0.1) is 26.4 Å². The van der Waals surface area contributed by atoms with Crippen molar-refractivity contribution in [2.45, 2.75) is 6.42 Å². The maximum atomic E-state index is 13.2. The molecule has 0 bridgehead atoms. The standard InChI is InChI=1S/C14H17FN2O2/c1-18-13-3-2-12(15)6-11(13)4-5-17-8-14(7-16)9-19-10-14/h2-3,6,17H,4-5,8-10H2,1H3. The first kappa shape index (κ1) is 13.8. The lowest BCUT2D eigenvalue weighted by atomic mass is 9.88. The van der Waals surface area contributed by atoms with E-state index in [-0.39, 0.29) is 11.2 Å². The van der Waals surface area contributed by atoms with Crippen LogP contribution < -0.4 is 10.1 Å². The lowest BCUT2D eigenvalue weighted by Crippen LogP contribution is -2.48. The Morgan fingerprint density at radius 3 is 2.89 bits per heavy atom. The fourth-order valence-corrected chi connectivity index (χ4v) is 2.05. The summed E-state index contributed by atoms with van der Waals surface area (Å²) >= 11 is 0. The van der Waals surface area contributed by atoms with Crippen LogP contribution >= 0.6 is 0 Å². The Hall–Kier alpha value is -1.64. The summed E-state index contributed by atoms with van der Waals surface area (Å²) in [5.41, 5.74) is 0.442. The Bertz CT molecular complexity index is 481. The number of rotatable bonds is 6. The first-order valence-corrected chi connectivity index (χ1v) is 6.21. The predicted octanol–water partition coefficient (Wildman–Crippen LogP) is 1.51. The van der Waals surface area contributed by atoms with Crippen molar-refractivity contribution in [1.82, 2.24) is 5.32 Å². The van der Waals surface area contributed by atoms with Crippen LogP contribution in [-0.2, 0) is 11.2 Å². The molecule has 5 heteroatoms. The zero-order chi connectivity index (χ0) is 13.7.